The highest BCUT2D eigenvalue weighted by molar-refractivity contribution is 7.89. The fraction of sp³-hybridized carbons (Fsp3) is 0.417. The number of nitrogens with two attached hydrogens (primary N) is 1. The zero-order chi connectivity index (χ0) is 15.2. The zero-order valence-corrected chi connectivity index (χ0v) is 11.9. The topological polar surface area (TPSA) is 119 Å². The van der Waals surface area contributed by atoms with Crippen molar-refractivity contribution in [3.63, 3.8) is 0 Å². The second kappa shape index (κ2) is 7.22. The van der Waals surface area contributed by atoms with Gasteiger partial charge < -0.3 is 15.6 Å². The number of hydrogen-bond donors (Lipinski definition) is 3. The van der Waals surface area contributed by atoms with Gasteiger partial charge in [0.05, 0.1) is 10.5 Å². The van der Waals surface area contributed by atoms with E-state index in [1.807, 2.05) is 0 Å². The Balaban J connectivity index is 2.84. The molecule has 4 N–H and O–H groups in total. The molecular weight excluding hydrogens is 284 g/mol. The third kappa shape index (κ3) is 4.48. The molecule has 0 unspecified atom stereocenters. The quantitative estimate of drug-likeness (QED) is 0.480. The highest BCUT2D eigenvalue weighted by Crippen LogP contribution is 2.18. The van der Waals surface area contributed by atoms with Crippen molar-refractivity contribution < 1.29 is 23.1 Å². The Hall–Kier alpha value is -1.64. The molecule has 0 atom stereocenters. The van der Waals surface area contributed by atoms with Crippen LogP contribution in [0.1, 0.15) is 23.2 Å². The Labute approximate surface area is 117 Å². The van der Waals surface area contributed by atoms with Crippen molar-refractivity contribution >= 4 is 21.7 Å². The van der Waals surface area contributed by atoms with Crippen LogP contribution in [-0.2, 0) is 14.8 Å². The molecule has 0 spiro atoms. The van der Waals surface area contributed by atoms with Crippen LogP contribution in [0.4, 0.5) is 5.69 Å². The first-order valence-corrected chi connectivity index (χ1v) is 7.48. The minimum absolute atomic E-state index is 0.196. The van der Waals surface area contributed by atoms with Gasteiger partial charge in [-0.2, -0.15) is 0 Å². The summed E-state index contributed by atoms with van der Waals surface area (Å²) >= 11 is 0. The monoisotopic (exact) mass is 302 g/mol. The molecule has 0 aliphatic rings. The van der Waals surface area contributed by atoms with Gasteiger partial charge in [0, 0.05) is 25.9 Å². The molecule has 0 aromatic heterocycles. The number of methoxy groups -OCH3 is 1. The number of hydrogen-bond acceptors (Lipinski definition) is 5. The van der Waals surface area contributed by atoms with Gasteiger partial charge in [0.25, 0.3) is 0 Å². The molecule has 0 saturated heterocycles. The van der Waals surface area contributed by atoms with Crippen LogP contribution in [0.5, 0.6) is 0 Å². The minimum Gasteiger partial charge on any atom is -0.478 e. The number of carbonyl (C=O) groups is 1. The summed E-state index contributed by atoms with van der Waals surface area (Å²) < 4.78 is 31.3. The standard InChI is InChI=1S/C12H18N2O5S/c1-19-7-3-2-6-14-20(17,18)11-5-4-9(13)8-10(11)12(15)16/h4-5,8,14H,2-3,6-7,13H2,1H3,(H,15,16). The molecule has 1 rings (SSSR count). The van der Waals surface area contributed by atoms with Crippen molar-refractivity contribution in [3.8, 4) is 0 Å². The summed E-state index contributed by atoms with van der Waals surface area (Å²) in [5.41, 5.74) is 5.33. The number of benzene rings is 1. The number of rotatable bonds is 8. The summed E-state index contributed by atoms with van der Waals surface area (Å²) in [5, 5.41) is 9.03. The first kappa shape index (κ1) is 16.4. The molecule has 0 amide bonds. The number of anilines is 1. The number of carboxylic acids is 1. The molecule has 7 nitrogen and oxygen atoms in total. The van der Waals surface area contributed by atoms with Crippen molar-refractivity contribution in [1.29, 1.82) is 0 Å². The van der Waals surface area contributed by atoms with Crippen molar-refractivity contribution in [2.75, 3.05) is 26.0 Å². The number of unbranched alkanes of at least 4 members (excludes halogenated alkanes) is 1. The zero-order valence-electron chi connectivity index (χ0n) is 11.1. The maximum atomic E-state index is 12.1. The van der Waals surface area contributed by atoms with Crippen LogP contribution in [0, 0.1) is 0 Å². The largest absolute Gasteiger partial charge is 0.478 e. The third-order valence-electron chi connectivity index (χ3n) is 2.59. The van der Waals surface area contributed by atoms with Crippen LogP contribution in [0.25, 0.3) is 0 Å². The first-order chi connectivity index (χ1) is 9.38. The molecule has 0 bridgehead atoms. The van der Waals surface area contributed by atoms with Crippen LogP contribution in [0.2, 0.25) is 0 Å². The lowest BCUT2D eigenvalue weighted by Gasteiger charge is -2.10. The third-order valence-corrected chi connectivity index (χ3v) is 4.11. The van der Waals surface area contributed by atoms with Gasteiger partial charge in [-0.05, 0) is 31.0 Å². The predicted octanol–water partition coefficient (Wildman–Crippen LogP) is 0.672. The van der Waals surface area contributed by atoms with Gasteiger partial charge >= 0.3 is 5.97 Å². The van der Waals surface area contributed by atoms with E-state index >= 15 is 0 Å². The predicted molar refractivity (Wildman–Crippen MR) is 74.1 cm³/mol. The van der Waals surface area contributed by atoms with E-state index in [0.717, 1.165) is 6.07 Å². The lowest BCUT2D eigenvalue weighted by atomic mass is 10.2. The van der Waals surface area contributed by atoms with E-state index in [2.05, 4.69) is 4.72 Å². The van der Waals surface area contributed by atoms with E-state index in [1.54, 1.807) is 7.11 Å². The molecular formula is C12H18N2O5S. The first-order valence-electron chi connectivity index (χ1n) is 6.00. The lowest BCUT2D eigenvalue weighted by molar-refractivity contribution is 0.0692. The van der Waals surface area contributed by atoms with E-state index in [1.165, 1.54) is 12.1 Å². The number of ether oxygens (including phenoxy) is 1. The van der Waals surface area contributed by atoms with Gasteiger partial charge in [-0.3, -0.25) is 0 Å². The summed E-state index contributed by atoms with van der Waals surface area (Å²) in [5.74, 6) is -1.34. The Morgan fingerprint density at radius 3 is 2.70 bits per heavy atom. The van der Waals surface area contributed by atoms with Crippen LogP contribution >= 0.6 is 0 Å². The smallest absolute Gasteiger partial charge is 0.337 e. The highest BCUT2D eigenvalue weighted by atomic mass is 32.2. The van der Waals surface area contributed by atoms with Gasteiger partial charge in [0.1, 0.15) is 0 Å². The molecule has 0 aliphatic heterocycles. The summed E-state index contributed by atoms with van der Waals surface area (Å²) in [6, 6.07) is 3.67. The molecule has 0 saturated carbocycles. The lowest BCUT2D eigenvalue weighted by Crippen LogP contribution is -2.26. The minimum atomic E-state index is -3.87. The molecule has 0 aliphatic carbocycles. The Bertz CT molecular complexity index is 571. The summed E-state index contributed by atoms with van der Waals surface area (Å²) in [7, 11) is -2.30. The van der Waals surface area contributed by atoms with Crippen molar-refractivity contribution in [3.05, 3.63) is 23.8 Å². The second-order valence-corrected chi connectivity index (χ2v) is 5.89. The average molecular weight is 302 g/mol. The molecule has 0 heterocycles. The maximum absolute atomic E-state index is 12.1. The van der Waals surface area contributed by atoms with Crippen LogP contribution in [0.15, 0.2) is 23.1 Å². The molecule has 0 fully saturated rings. The number of carboxylic acid groups (broad SMARTS) is 1. The Kier molecular flexibility index (Phi) is 5.93. The van der Waals surface area contributed by atoms with Gasteiger partial charge in [-0.1, -0.05) is 0 Å². The fourth-order valence-corrected chi connectivity index (χ4v) is 2.86. The summed E-state index contributed by atoms with van der Waals surface area (Å²) in [4.78, 5) is 10.8. The Morgan fingerprint density at radius 1 is 1.40 bits per heavy atom. The number of nitrogens with one attached hydrogen (secondary N) is 1. The summed E-state index contributed by atoms with van der Waals surface area (Å²) in [6.45, 7) is 0.763. The van der Waals surface area contributed by atoms with E-state index in [-0.39, 0.29) is 22.7 Å². The average Bonchev–Trinajstić information content (AvgIpc) is 2.38. The molecule has 8 heteroatoms. The van der Waals surface area contributed by atoms with Gasteiger partial charge in [0.15, 0.2) is 0 Å². The van der Waals surface area contributed by atoms with E-state index in [9.17, 15) is 13.2 Å². The van der Waals surface area contributed by atoms with Crippen LogP contribution < -0.4 is 10.5 Å². The van der Waals surface area contributed by atoms with Crippen LogP contribution in [-0.4, -0.2) is 39.8 Å². The molecule has 0 radical (unpaired) electrons. The van der Waals surface area contributed by atoms with Crippen LogP contribution in [0.3, 0.4) is 0 Å². The summed E-state index contributed by atoms with van der Waals surface area (Å²) in [6.07, 6.45) is 1.32. The van der Waals surface area contributed by atoms with Crippen molar-refractivity contribution in [2.24, 2.45) is 0 Å². The number of nitrogen functional groups attached to an aromatic ring is 1. The Morgan fingerprint density at radius 2 is 2.10 bits per heavy atom. The highest BCUT2D eigenvalue weighted by Gasteiger charge is 2.21. The van der Waals surface area contributed by atoms with Crippen molar-refractivity contribution in [2.45, 2.75) is 17.7 Å². The van der Waals surface area contributed by atoms with E-state index in [0.29, 0.717) is 19.4 Å². The molecule has 1 aromatic rings. The second-order valence-electron chi connectivity index (χ2n) is 4.16. The number of aromatic carboxylic acids is 1. The van der Waals surface area contributed by atoms with Gasteiger partial charge in [0.2, 0.25) is 10.0 Å². The SMILES string of the molecule is COCCCCNS(=O)(=O)c1ccc(N)cc1C(=O)O. The van der Waals surface area contributed by atoms with Gasteiger partial charge in [-0.15, -0.1) is 0 Å². The maximum Gasteiger partial charge on any atom is 0.337 e. The van der Waals surface area contributed by atoms with Gasteiger partial charge in [-0.25, -0.2) is 17.9 Å². The molecule has 20 heavy (non-hydrogen) atoms. The van der Waals surface area contributed by atoms with E-state index in [4.69, 9.17) is 15.6 Å². The fourth-order valence-electron chi connectivity index (χ4n) is 1.60. The van der Waals surface area contributed by atoms with E-state index < -0.39 is 16.0 Å². The number of sulfonamides is 1. The molecule has 112 valence electrons. The molecule has 1 aromatic carbocycles. The van der Waals surface area contributed by atoms with Crippen molar-refractivity contribution in [1.82, 2.24) is 4.72 Å². The normalized spacial score (nSPS) is 11.4.